The number of benzene rings is 2. The molecule has 23 heavy (non-hydrogen) atoms. The monoisotopic (exact) mass is 364 g/mol. The van der Waals surface area contributed by atoms with Crippen LogP contribution in [0.5, 0.6) is 0 Å². The first-order valence-electron chi connectivity index (χ1n) is 7.31. The van der Waals surface area contributed by atoms with E-state index in [9.17, 15) is 4.79 Å². The number of hydrogen-bond donors (Lipinski definition) is 1. The number of pyridine rings is 1. The van der Waals surface area contributed by atoms with E-state index in [1.165, 1.54) is 0 Å². The standard InChI is InChI=1S/C19H13BrN2O/c1-11-15(20)6-7-17-18(11)14(19(23)22-17)10-12-8-9-21-16-5-3-2-4-13(12)16/h2-10H,1H3,(H,22,23). The van der Waals surface area contributed by atoms with Crippen LogP contribution < -0.4 is 5.32 Å². The summed E-state index contributed by atoms with van der Waals surface area (Å²) >= 11 is 3.55. The molecule has 1 aromatic heterocycles. The van der Waals surface area contributed by atoms with E-state index >= 15 is 0 Å². The van der Waals surface area contributed by atoms with Gasteiger partial charge >= 0.3 is 0 Å². The highest BCUT2D eigenvalue weighted by atomic mass is 79.9. The second-order valence-electron chi connectivity index (χ2n) is 5.52. The molecule has 0 atom stereocenters. The van der Waals surface area contributed by atoms with Gasteiger partial charge in [-0.3, -0.25) is 9.78 Å². The second-order valence-corrected chi connectivity index (χ2v) is 6.38. The molecule has 3 aromatic rings. The van der Waals surface area contributed by atoms with Gasteiger partial charge in [0.25, 0.3) is 5.91 Å². The highest BCUT2D eigenvalue weighted by molar-refractivity contribution is 9.10. The largest absolute Gasteiger partial charge is 0.321 e. The van der Waals surface area contributed by atoms with E-state index in [0.717, 1.165) is 37.8 Å². The predicted octanol–water partition coefficient (Wildman–Crippen LogP) is 4.80. The van der Waals surface area contributed by atoms with E-state index in [1.54, 1.807) is 6.20 Å². The quantitative estimate of drug-likeness (QED) is 0.630. The Morgan fingerprint density at radius 2 is 1.96 bits per heavy atom. The summed E-state index contributed by atoms with van der Waals surface area (Å²) in [6, 6.07) is 13.8. The highest BCUT2D eigenvalue weighted by Gasteiger charge is 2.26. The summed E-state index contributed by atoms with van der Waals surface area (Å²) in [6.45, 7) is 2.02. The van der Waals surface area contributed by atoms with Gasteiger partial charge in [-0.2, -0.15) is 0 Å². The molecule has 1 aliphatic heterocycles. The summed E-state index contributed by atoms with van der Waals surface area (Å²) in [5, 5.41) is 3.98. The molecule has 0 saturated carbocycles. The van der Waals surface area contributed by atoms with Crippen LogP contribution >= 0.6 is 15.9 Å². The van der Waals surface area contributed by atoms with Gasteiger partial charge in [0.1, 0.15) is 0 Å². The van der Waals surface area contributed by atoms with Gasteiger partial charge in [-0.05, 0) is 48.4 Å². The van der Waals surface area contributed by atoms with E-state index in [-0.39, 0.29) is 5.91 Å². The van der Waals surface area contributed by atoms with Crippen molar-refractivity contribution >= 4 is 50.1 Å². The van der Waals surface area contributed by atoms with Crippen LogP contribution in [0.3, 0.4) is 0 Å². The van der Waals surface area contributed by atoms with E-state index in [1.807, 2.05) is 55.5 Å². The van der Waals surface area contributed by atoms with Crippen LogP contribution in [0, 0.1) is 6.92 Å². The molecular weight excluding hydrogens is 352 g/mol. The maximum Gasteiger partial charge on any atom is 0.256 e. The summed E-state index contributed by atoms with van der Waals surface area (Å²) in [4.78, 5) is 16.8. The molecule has 1 amide bonds. The van der Waals surface area contributed by atoms with Crippen molar-refractivity contribution < 1.29 is 4.79 Å². The maximum atomic E-state index is 12.4. The SMILES string of the molecule is Cc1c(Br)ccc2c1C(=Cc1ccnc3ccccc13)C(=O)N2. The normalized spacial score (nSPS) is 15.0. The van der Waals surface area contributed by atoms with E-state index in [2.05, 4.69) is 26.2 Å². The number of nitrogens with one attached hydrogen (secondary N) is 1. The van der Waals surface area contributed by atoms with Crippen LogP contribution in [0.1, 0.15) is 16.7 Å². The van der Waals surface area contributed by atoms with Crippen LogP contribution in [0.15, 0.2) is 53.1 Å². The lowest BCUT2D eigenvalue weighted by atomic mass is 9.98. The van der Waals surface area contributed by atoms with Crippen LogP contribution in [-0.4, -0.2) is 10.9 Å². The summed E-state index contributed by atoms with van der Waals surface area (Å²) < 4.78 is 0.998. The third-order valence-corrected chi connectivity index (χ3v) is 5.00. The molecule has 3 nitrogen and oxygen atoms in total. The van der Waals surface area contributed by atoms with Gasteiger partial charge in [-0.15, -0.1) is 0 Å². The van der Waals surface area contributed by atoms with Gasteiger partial charge in [0, 0.05) is 32.9 Å². The Morgan fingerprint density at radius 1 is 1.13 bits per heavy atom. The lowest BCUT2D eigenvalue weighted by Crippen LogP contribution is -2.03. The van der Waals surface area contributed by atoms with Gasteiger partial charge in [0.15, 0.2) is 0 Å². The first-order chi connectivity index (χ1) is 11.1. The number of fused-ring (bicyclic) bond motifs is 2. The maximum absolute atomic E-state index is 12.4. The Morgan fingerprint density at radius 3 is 2.83 bits per heavy atom. The number of anilines is 1. The molecule has 0 spiro atoms. The van der Waals surface area contributed by atoms with Crippen molar-refractivity contribution in [3.8, 4) is 0 Å². The van der Waals surface area contributed by atoms with Gasteiger partial charge in [0.05, 0.1) is 5.52 Å². The molecule has 4 heteroatoms. The summed E-state index contributed by atoms with van der Waals surface area (Å²) in [5.74, 6) is -0.0675. The minimum atomic E-state index is -0.0675. The van der Waals surface area contributed by atoms with Crippen molar-refractivity contribution in [3.05, 3.63) is 69.8 Å². The highest BCUT2D eigenvalue weighted by Crippen LogP contribution is 2.39. The third kappa shape index (κ3) is 2.26. The second kappa shape index (κ2) is 5.32. The van der Waals surface area contributed by atoms with Crippen LogP contribution in [-0.2, 0) is 4.79 Å². The first kappa shape index (κ1) is 14.2. The Labute approximate surface area is 142 Å². The Kier molecular flexibility index (Phi) is 3.27. The fourth-order valence-corrected chi connectivity index (χ4v) is 3.31. The number of halogens is 1. The molecule has 2 heterocycles. The van der Waals surface area contributed by atoms with Gasteiger partial charge in [-0.1, -0.05) is 34.1 Å². The smallest absolute Gasteiger partial charge is 0.256 e. The van der Waals surface area contributed by atoms with E-state index in [0.29, 0.717) is 5.57 Å². The number of carbonyl (C=O) groups excluding carboxylic acids is 1. The lowest BCUT2D eigenvalue weighted by Gasteiger charge is -2.07. The minimum absolute atomic E-state index is 0.0675. The molecule has 0 bridgehead atoms. The summed E-state index contributed by atoms with van der Waals surface area (Å²) in [7, 11) is 0. The Balaban J connectivity index is 1.96. The number of aromatic nitrogens is 1. The third-order valence-electron chi connectivity index (χ3n) is 4.14. The fraction of sp³-hybridized carbons (Fsp3) is 0.0526. The van der Waals surface area contributed by atoms with Crippen LogP contribution in [0.2, 0.25) is 0 Å². The summed E-state index contributed by atoms with van der Waals surface area (Å²) in [5.41, 5.74) is 5.49. The zero-order valence-electron chi connectivity index (χ0n) is 12.4. The molecule has 0 aliphatic carbocycles. The van der Waals surface area contributed by atoms with E-state index in [4.69, 9.17) is 0 Å². The molecule has 0 unspecified atom stereocenters. The molecule has 112 valence electrons. The van der Waals surface area contributed by atoms with Crippen LogP contribution in [0.25, 0.3) is 22.6 Å². The first-order valence-corrected chi connectivity index (χ1v) is 8.11. The molecule has 1 N–H and O–H groups in total. The number of hydrogen-bond acceptors (Lipinski definition) is 2. The number of amides is 1. The molecule has 0 saturated heterocycles. The average Bonchev–Trinajstić information content (AvgIpc) is 2.88. The molecule has 1 aliphatic rings. The number of carbonyl (C=O) groups is 1. The van der Waals surface area contributed by atoms with Crippen molar-refractivity contribution in [1.82, 2.24) is 4.98 Å². The van der Waals surface area contributed by atoms with Crippen molar-refractivity contribution in [3.63, 3.8) is 0 Å². The topological polar surface area (TPSA) is 42.0 Å². The van der Waals surface area contributed by atoms with Crippen molar-refractivity contribution in [2.75, 3.05) is 5.32 Å². The predicted molar refractivity (Wildman–Crippen MR) is 97.1 cm³/mol. The molecule has 0 fully saturated rings. The van der Waals surface area contributed by atoms with Gasteiger partial charge in [0.2, 0.25) is 0 Å². The molecular formula is C19H13BrN2O. The van der Waals surface area contributed by atoms with Crippen molar-refractivity contribution in [1.29, 1.82) is 0 Å². The molecule has 0 radical (unpaired) electrons. The minimum Gasteiger partial charge on any atom is -0.321 e. The van der Waals surface area contributed by atoms with Crippen LogP contribution in [0.4, 0.5) is 5.69 Å². The van der Waals surface area contributed by atoms with Gasteiger partial charge in [-0.25, -0.2) is 0 Å². The van der Waals surface area contributed by atoms with Crippen molar-refractivity contribution in [2.45, 2.75) is 6.92 Å². The average molecular weight is 365 g/mol. The molecule has 4 rings (SSSR count). The number of rotatable bonds is 1. The Hall–Kier alpha value is -2.46. The van der Waals surface area contributed by atoms with Gasteiger partial charge < -0.3 is 5.32 Å². The number of nitrogens with zero attached hydrogens (tertiary/aromatic N) is 1. The molecule has 2 aromatic carbocycles. The number of para-hydroxylation sites is 1. The fourth-order valence-electron chi connectivity index (χ4n) is 2.98. The lowest BCUT2D eigenvalue weighted by molar-refractivity contribution is -0.110. The summed E-state index contributed by atoms with van der Waals surface area (Å²) in [6.07, 6.45) is 3.72. The zero-order valence-corrected chi connectivity index (χ0v) is 14.0. The van der Waals surface area contributed by atoms with E-state index < -0.39 is 0 Å². The Bertz CT molecular complexity index is 987. The zero-order chi connectivity index (χ0) is 16.0. The van der Waals surface area contributed by atoms with Crippen molar-refractivity contribution in [2.24, 2.45) is 0 Å².